The molecule has 2 heterocycles. The summed E-state index contributed by atoms with van der Waals surface area (Å²) in [7, 11) is 0. The number of rotatable bonds is 7. The Bertz CT molecular complexity index is 852. The molecule has 7 heteroatoms. The maximum atomic E-state index is 11.7. The van der Waals surface area contributed by atoms with Crippen LogP contribution in [0.4, 0.5) is 0 Å². The van der Waals surface area contributed by atoms with Crippen LogP contribution in [0.15, 0.2) is 52.4 Å². The van der Waals surface area contributed by atoms with Crippen molar-refractivity contribution in [3.05, 3.63) is 59.1 Å². The third-order valence-electron chi connectivity index (χ3n) is 3.32. The van der Waals surface area contributed by atoms with Crippen molar-refractivity contribution >= 4 is 23.1 Å². The third kappa shape index (κ3) is 4.54. The lowest BCUT2D eigenvalue weighted by Crippen LogP contribution is -2.14. The van der Waals surface area contributed by atoms with Gasteiger partial charge in [0.15, 0.2) is 18.2 Å². The molecule has 0 atom stereocenters. The van der Waals surface area contributed by atoms with Crippen LogP contribution in [0.25, 0.3) is 10.6 Å². The van der Waals surface area contributed by atoms with E-state index in [1.54, 1.807) is 30.3 Å². The Morgan fingerprint density at radius 3 is 2.68 bits per heavy atom. The molecule has 0 bridgehead atoms. The quantitative estimate of drug-likeness (QED) is 0.474. The highest BCUT2D eigenvalue weighted by Gasteiger charge is 2.10. The first-order chi connectivity index (χ1) is 12.1. The molecule has 2 aromatic heterocycles. The summed E-state index contributed by atoms with van der Waals surface area (Å²) < 4.78 is 15.6. The molecule has 0 saturated heterocycles. The van der Waals surface area contributed by atoms with Gasteiger partial charge in [-0.2, -0.15) is 0 Å². The van der Waals surface area contributed by atoms with E-state index in [-0.39, 0.29) is 19.0 Å². The van der Waals surface area contributed by atoms with Crippen LogP contribution in [0, 0.1) is 0 Å². The van der Waals surface area contributed by atoms with E-state index in [1.807, 2.05) is 17.5 Å². The summed E-state index contributed by atoms with van der Waals surface area (Å²) in [4.78, 5) is 23.9. The van der Waals surface area contributed by atoms with Crippen LogP contribution < -0.4 is 4.74 Å². The third-order valence-corrected chi connectivity index (χ3v) is 4.21. The van der Waals surface area contributed by atoms with E-state index < -0.39 is 5.97 Å². The Morgan fingerprint density at radius 2 is 2.00 bits per heavy atom. The van der Waals surface area contributed by atoms with Gasteiger partial charge in [0, 0.05) is 11.6 Å². The standard InChI is InChI=1S/C18H15NO5S/c1-12(20)13-4-6-15(7-5-13)22-11-18(21)23-10-14-9-16(24-19-14)17-3-2-8-25-17/h2-9H,10-11H2,1H3. The Balaban J connectivity index is 1.46. The summed E-state index contributed by atoms with van der Waals surface area (Å²) in [5, 5.41) is 5.81. The molecule has 128 valence electrons. The molecule has 0 aliphatic rings. The zero-order valence-electron chi connectivity index (χ0n) is 13.4. The number of nitrogens with zero attached hydrogens (tertiary/aromatic N) is 1. The second kappa shape index (κ2) is 7.76. The predicted molar refractivity (Wildman–Crippen MR) is 91.6 cm³/mol. The molecular weight excluding hydrogens is 342 g/mol. The minimum Gasteiger partial charge on any atom is -0.482 e. The zero-order valence-corrected chi connectivity index (χ0v) is 14.2. The molecule has 3 rings (SSSR count). The molecule has 0 aliphatic heterocycles. The molecule has 0 N–H and O–H groups in total. The lowest BCUT2D eigenvalue weighted by molar-refractivity contribution is -0.147. The van der Waals surface area contributed by atoms with Crippen molar-refractivity contribution in [2.24, 2.45) is 0 Å². The van der Waals surface area contributed by atoms with Crippen LogP contribution in [-0.2, 0) is 16.1 Å². The largest absolute Gasteiger partial charge is 0.482 e. The van der Waals surface area contributed by atoms with Crippen LogP contribution in [0.3, 0.4) is 0 Å². The number of aromatic nitrogens is 1. The molecule has 0 unspecified atom stereocenters. The number of benzene rings is 1. The lowest BCUT2D eigenvalue weighted by Gasteiger charge is -2.06. The molecule has 0 aliphatic carbocycles. The summed E-state index contributed by atoms with van der Waals surface area (Å²) in [5.74, 6) is 0.586. The zero-order chi connectivity index (χ0) is 17.6. The van der Waals surface area contributed by atoms with Gasteiger partial charge in [0.05, 0.1) is 4.88 Å². The number of carbonyl (C=O) groups excluding carboxylic acids is 2. The van der Waals surface area contributed by atoms with Crippen molar-refractivity contribution in [1.82, 2.24) is 5.16 Å². The fourth-order valence-electron chi connectivity index (χ4n) is 2.04. The minimum atomic E-state index is -0.517. The fraction of sp³-hybridized carbons (Fsp3) is 0.167. The summed E-state index contributed by atoms with van der Waals surface area (Å²) in [6, 6.07) is 12.1. The first kappa shape index (κ1) is 16.9. The van der Waals surface area contributed by atoms with Crippen LogP contribution in [-0.4, -0.2) is 23.5 Å². The van der Waals surface area contributed by atoms with Gasteiger partial charge in [0.1, 0.15) is 18.1 Å². The summed E-state index contributed by atoms with van der Waals surface area (Å²) in [6.45, 7) is 1.27. The van der Waals surface area contributed by atoms with Crippen molar-refractivity contribution in [3.8, 4) is 16.4 Å². The smallest absolute Gasteiger partial charge is 0.344 e. The van der Waals surface area contributed by atoms with Gasteiger partial charge in [0.2, 0.25) is 0 Å². The Morgan fingerprint density at radius 1 is 1.20 bits per heavy atom. The molecule has 3 aromatic rings. The SMILES string of the molecule is CC(=O)c1ccc(OCC(=O)OCc2cc(-c3cccs3)on2)cc1. The van der Waals surface area contributed by atoms with Gasteiger partial charge < -0.3 is 14.0 Å². The molecule has 0 radical (unpaired) electrons. The number of ether oxygens (including phenoxy) is 2. The van der Waals surface area contributed by atoms with Gasteiger partial charge in [-0.05, 0) is 42.6 Å². The van der Waals surface area contributed by atoms with E-state index >= 15 is 0 Å². The monoisotopic (exact) mass is 357 g/mol. The first-order valence-corrected chi connectivity index (χ1v) is 8.38. The van der Waals surface area contributed by atoms with Crippen molar-refractivity contribution in [2.45, 2.75) is 13.5 Å². The number of thiophene rings is 1. The molecule has 6 nitrogen and oxygen atoms in total. The summed E-state index contributed by atoms with van der Waals surface area (Å²) in [6.07, 6.45) is 0. The topological polar surface area (TPSA) is 78.6 Å². The Kier molecular flexibility index (Phi) is 5.25. The van der Waals surface area contributed by atoms with E-state index in [0.29, 0.717) is 22.8 Å². The molecule has 0 saturated carbocycles. The number of hydrogen-bond acceptors (Lipinski definition) is 7. The number of esters is 1. The highest BCUT2D eigenvalue weighted by atomic mass is 32.1. The number of ketones is 1. The van der Waals surface area contributed by atoms with Crippen LogP contribution in [0.2, 0.25) is 0 Å². The average Bonchev–Trinajstić information content (AvgIpc) is 3.29. The first-order valence-electron chi connectivity index (χ1n) is 7.51. The highest BCUT2D eigenvalue weighted by molar-refractivity contribution is 7.13. The van der Waals surface area contributed by atoms with E-state index in [2.05, 4.69) is 5.16 Å². The van der Waals surface area contributed by atoms with Crippen molar-refractivity contribution < 1.29 is 23.6 Å². The molecule has 0 spiro atoms. The highest BCUT2D eigenvalue weighted by Crippen LogP contribution is 2.25. The maximum absolute atomic E-state index is 11.7. The van der Waals surface area contributed by atoms with Crippen LogP contribution in [0.5, 0.6) is 5.75 Å². The number of hydrogen-bond donors (Lipinski definition) is 0. The van der Waals surface area contributed by atoms with E-state index in [9.17, 15) is 9.59 Å². The van der Waals surface area contributed by atoms with Crippen molar-refractivity contribution in [3.63, 3.8) is 0 Å². The Labute approximate surface area is 148 Å². The second-order valence-corrected chi connectivity index (χ2v) is 6.14. The molecular formula is C18H15NO5S. The van der Waals surface area contributed by atoms with E-state index in [0.717, 1.165) is 4.88 Å². The van der Waals surface area contributed by atoms with Gasteiger partial charge in [-0.15, -0.1) is 11.3 Å². The summed E-state index contributed by atoms with van der Waals surface area (Å²) >= 11 is 1.54. The fourth-order valence-corrected chi connectivity index (χ4v) is 2.71. The normalized spacial score (nSPS) is 10.4. The van der Waals surface area contributed by atoms with Crippen molar-refractivity contribution in [2.75, 3.05) is 6.61 Å². The molecule has 25 heavy (non-hydrogen) atoms. The Hall–Kier alpha value is -2.93. The number of Topliss-reactive ketones (excluding diaryl/α,β-unsaturated/α-hetero) is 1. The predicted octanol–water partition coefficient (Wildman–Crippen LogP) is 3.73. The summed E-state index contributed by atoms with van der Waals surface area (Å²) in [5.41, 5.74) is 1.12. The minimum absolute atomic E-state index is 0.0142. The van der Waals surface area contributed by atoms with Crippen LogP contribution in [0.1, 0.15) is 23.0 Å². The molecule has 1 aromatic carbocycles. The van der Waals surface area contributed by atoms with Crippen LogP contribution >= 0.6 is 11.3 Å². The van der Waals surface area contributed by atoms with E-state index in [4.69, 9.17) is 14.0 Å². The van der Waals surface area contributed by atoms with Gasteiger partial charge >= 0.3 is 5.97 Å². The molecule has 0 amide bonds. The lowest BCUT2D eigenvalue weighted by atomic mass is 10.1. The van der Waals surface area contributed by atoms with Gasteiger partial charge in [-0.3, -0.25) is 4.79 Å². The maximum Gasteiger partial charge on any atom is 0.344 e. The van der Waals surface area contributed by atoms with E-state index in [1.165, 1.54) is 18.3 Å². The van der Waals surface area contributed by atoms with Gasteiger partial charge in [-0.25, -0.2) is 4.79 Å². The van der Waals surface area contributed by atoms with Gasteiger partial charge in [0.25, 0.3) is 0 Å². The van der Waals surface area contributed by atoms with Gasteiger partial charge in [-0.1, -0.05) is 11.2 Å². The second-order valence-electron chi connectivity index (χ2n) is 5.19. The van der Waals surface area contributed by atoms with Crippen molar-refractivity contribution in [1.29, 1.82) is 0 Å². The average molecular weight is 357 g/mol. The molecule has 0 fully saturated rings. The number of carbonyl (C=O) groups is 2.